The molecule has 0 heterocycles. The first-order valence-corrected chi connectivity index (χ1v) is 7.64. The summed E-state index contributed by atoms with van der Waals surface area (Å²) in [6, 6.07) is 0. The maximum Gasteiger partial charge on any atom is 2.00 e. The molecular weight excluding hydrogens is 499 g/mol. The third kappa shape index (κ3) is 24.3. The average molecular weight is 522 g/mol. The number of thiocarbonyl (C=S) groups is 2. The molecule has 0 aromatic carbocycles. The molecule has 0 N–H and O–H groups in total. The fourth-order valence-corrected chi connectivity index (χ4v) is 0.928. The molecule has 116 valence electrons. The van der Waals surface area contributed by atoms with Gasteiger partial charge in [0.1, 0.15) is 0 Å². The molecule has 19 heavy (non-hydrogen) atoms. The third-order valence-corrected chi connectivity index (χ3v) is 2.84. The van der Waals surface area contributed by atoms with Crippen molar-refractivity contribution in [2.45, 2.75) is 40.5 Å². The first kappa shape index (κ1) is 24.9. The van der Waals surface area contributed by atoms with E-state index in [0.29, 0.717) is 25.0 Å². The van der Waals surface area contributed by atoms with Crippen LogP contribution in [0.5, 0.6) is 0 Å². The van der Waals surface area contributed by atoms with Gasteiger partial charge in [0, 0.05) is 8.77 Å². The maximum atomic E-state index is 4.94. The van der Waals surface area contributed by atoms with E-state index in [4.69, 9.17) is 9.47 Å². The molecule has 0 rings (SSSR count). The molecule has 2 nitrogen and oxygen atoms in total. The van der Waals surface area contributed by atoms with Gasteiger partial charge in [-0.1, -0.05) is 40.5 Å². The van der Waals surface area contributed by atoms with Crippen molar-refractivity contribution in [2.24, 2.45) is 11.8 Å². The van der Waals surface area contributed by atoms with Crippen LogP contribution in [-0.4, -0.2) is 22.0 Å². The van der Waals surface area contributed by atoms with Crippen LogP contribution in [0.2, 0.25) is 0 Å². The topological polar surface area (TPSA) is 18.5 Å². The predicted molar refractivity (Wildman–Crippen MR) is 90.7 cm³/mol. The first-order valence-electron chi connectivity index (χ1n) is 6.00. The number of rotatable bonds is 6. The Balaban J connectivity index is -0.000000256. The van der Waals surface area contributed by atoms with Crippen molar-refractivity contribution in [3.05, 3.63) is 0 Å². The van der Waals surface area contributed by atoms with Crippen molar-refractivity contribution in [1.29, 1.82) is 0 Å². The minimum atomic E-state index is 0. The number of ether oxygens (including phenoxy) is 2. The van der Waals surface area contributed by atoms with Gasteiger partial charge in [0.2, 0.25) is 0 Å². The molecule has 0 spiro atoms. The Morgan fingerprint density at radius 3 is 1.32 bits per heavy atom. The molecule has 0 aliphatic carbocycles. The molecule has 0 fully saturated rings. The van der Waals surface area contributed by atoms with Crippen molar-refractivity contribution >= 4 is 58.5 Å². The van der Waals surface area contributed by atoms with E-state index in [0.717, 1.165) is 12.8 Å². The quantitative estimate of drug-likeness (QED) is 0.389. The second kappa shape index (κ2) is 17.0. The summed E-state index contributed by atoms with van der Waals surface area (Å²) in [4.78, 5) is 0. The van der Waals surface area contributed by atoms with Gasteiger partial charge in [-0.25, -0.2) is 0 Å². The molecule has 0 aromatic heterocycles. The molecule has 0 radical (unpaired) electrons. The van der Waals surface area contributed by atoms with Gasteiger partial charge < -0.3 is 59.2 Å². The SMILES string of the molecule is CCC(C)COC(=S)[S-].CCC(C)COC(=S)[S-].[Pt+2]. The second-order valence-electron chi connectivity index (χ2n) is 4.15. The van der Waals surface area contributed by atoms with Gasteiger partial charge in [0.05, 0.1) is 13.2 Å². The zero-order valence-corrected chi connectivity index (χ0v) is 17.3. The summed E-state index contributed by atoms with van der Waals surface area (Å²) in [5.41, 5.74) is 0. The van der Waals surface area contributed by atoms with E-state index in [1.807, 2.05) is 0 Å². The fourth-order valence-electron chi connectivity index (χ4n) is 0.656. The van der Waals surface area contributed by atoms with Crippen LogP contribution in [0.4, 0.5) is 0 Å². The molecule has 2 atom stereocenters. The van der Waals surface area contributed by atoms with Crippen LogP contribution >= 0.6 is 24.4 Å². The van der Waals surface area contributed by atoms with Gasteiger partial charge in [-0.05, 0) is 11.8 Å². The van der Waals surface area contributed by atoms with Crippen LogP contribution < -0.4 is 0 Å². The normalized spacial score (nSPS) is 12.0. The van der Waals surface area contributed by atoms with E-state index in [2.05, 4.69) is 77.4 Å². The van der Waals surface area contributed by atoms with Crippen molar-refractivity contribution in [2.75, 3.05) is 13.2 Å². The van der Waals surface area contributed by atoms with Crippen LogP contribution in [0, 0.1) is 11.8 Å². The molecule has 0 aliphatic rings. The zero-order chi connectivity index (χ0) is 14.6. The zero-order valence-electron chi connectivity index (χ0n) is 11.7. The van der Waals surface area contributed by atoms with Gasteiger partial charge in [-0.15, -0.1) is 0 Å². The standard InChI is InChI=1S/2C6H12OS2.Pt/c2*1-3-5(2)4-7-6(8)9;/h2*5H,3-4H2,1-2H3,(H,8,9);/q;;+2/p-2. The van der Waals surface area contributed by atoms with Gasteiger partial charge in [-0.3, -0.25) is 0 Å². The second-order valence-corrected chi connectivity index (χ2v) is 6.15. The van der Waals surface area contributed by atoms with Crippen LogP contribution in [0.25, 0.3) is 0 Å². The Morgan fingerprint density at radius 2 is 1.16 bits per heavy atom. The molecule has 0 saturated carbocycles. The summed E-state index contributed by atoms with van der Waals surface area (Å²) in [7, 11) is 0. The minimum absolute atomic E-state index is 0. The van der Waals surface area contributed by atoms with E-state index in [1.54, 1.807) is 0 Å². The van der Waals surface area contributed by atoms with Gasteiger partial charge >= 0.3 is 21.1 Å². The van der Waals surface area contributed by atoms with Crippen molar-refractivity contribution < 1.29 is 30.5 Å². The number of hydrogen-bond acceptors (Lipinski definition) is 6. The Morgan fingerprint density at radius 1 is 0.895 bits per heavy atom. The Hall–Kier alpha value is 0.908. The molecule has 0 aromatic rings. The molecule has 0 bridgehead atoms. The molecule has 0 aliphatic heterocycles. The molecule has 0 amide bonds. The van der Waals surface area contributed by atoms with Gasteiger partial charge in [0.25, 0.3) is 0 Å². The van der Waals surface area contributed by atoms with Crippen molar-refractivity contribution in [1.82, 2.24) is 0 Å². The molecular formula is C12H22O2PtS4. The van der Waals surface area contributed by atoms with Crippen molar-refractivity contribution in [3.8, 4) is 0 Å². The van der Waals surface area contributed by atoms with E-state index >= 15 is 0 Å². The van der Waals surface area contributed by atoms with E-state index in [1.165, 1.54) is 0 Å². The smallest absolute Gasteiger partial charge is 0.513 e. The first-order chi connectivity index (χ1) is 8.33. The predicted octanol–water partition coefficient (Wildman–Crippen LogP) is 3.76. The summed E-state index contributed by atoms with van der Waals surface area (Å²) >= 11 is 18.2. The van der Waals surface area contributed by atoms with E-state index in [-0.39, 0.29) is 29.8 Å². The Kier molecular flexibility index (Phi) is 22.2. The van der Waals surface area contributed by atoms with Crippen LogP contribution in [-0.2, 0) is 55.8 Å². The average Bonchev–Trinajstić information content (AvgIpc) is 2.33. The largest absolute Gasteiger partial charge is 2.00 e. The van der Waals surface area contributed by atoms with Crippen LogP contribution in [0.15, 0.2) is 0 Å². The van der Waals surface area contributed by atoms with Crippen LogP contribution in [0.1, 0.15) is 40.5 Å². The molecule has 7 heteroatoms. The monoisotopic (exact) mass is 521 g/mol. The Bertz CT molecular complexity index is 216. The van der Waals surface area contributed by atoms with E-state index < -0.39 is 0 Å². The summed E-state index contributed by atoms with van der Waals surface area (Å²) in [6.07, 6.45) is 2.22. The summed E-state index contributed by atoms with van der Waals surface area (Å²) < 4.78 is 10.3. The van der Waals surface area contributed by atoms with E-state index in [9.17, 15) is 0 Å². The van der Waals surface area contributed by atoms with Gasteiger partial charge in [0.15, 0.2) is 0 Å². The summed E-state index contributed by atoms with van der Waals surface area (Å²) in [5.74, 6) is 1.12. The third-order valence-electron chi connectivity index (χ3n) is 2.37. The summed E-state index contributed by atoms with van der Waals surface area (Å²) in [6.45, 7) is 9.76. The Labute approximate surface area is 153 Å². The van der Waals surface area contributed by atoms with Crippen LogP contribution in [0.3, 0.4) is 0 Å². The molecule has 0 saturated heterocycles. The fraction of sp³-hybridized carbons (Fsp3) is 0.833. The van der Waals surface area contributed by atoms with Gasteiger partial charge in [-0.2, -0.15) is 0 Å². The minimum Gasteiger partial charge on any atom is -0.513 e. The number of hydrogen-bond donors (Lipinski definition) is 0. The maximum absolute atomic E-state index is 4.94. The molecule has 2 unspecified atom stereocenters. The summed E-state index contributed by atoms with van der Waals surface area (Å²) in [5, 5.41) is 0. The van der Waals surface area contributed by atoms with Crippen molar-refractivity contribution in [3.63, 3.8) is 0 Å².